The summed E-state index contributed by atoms with van der Waals surface area (Å²) in [7, 11) is 2.92. The quantitative estimate of drug-likeness (QED) is 0.517. The summed E-state index contributed by atoms with van der Waals surface area (Å²) in [6.45, 7) is 10.1. The molecule has 0 spiro atoms. The maximum absolute atomic E-state index is 14.2. The standard InChI is InChI=1S/C28H34N2O5/c1-18(2)16-28(26(32)34-7)17-20-22(9-8-10-23(20)35-14-13-29)30(28)25(31)19-11-12-21(27(3,4)5)24(15-19)33-6/h8-12,15,18H,14,16-17H2,1-7H3. The number of amides is 1. The Kier molecular flexibility index (Phi) is 7.44. The minimum Gasteiger partial charge on any atom is -0.496 e. The SMILES string of the molecule is COC(=O)C1(CC(C)C)Cc2c(OCC#N)cccc2N1C(=O)c1ccc(C(C)(C)C)c(OC)c1. The lowest BCUT2D eigenvalue weighted by atomic mass is 9.84. The largest absolute Gasteiger partial charge is 0.496 e. The van der Waals surface area contributed by atoms with E-state index in [0.717, 1.165) is 5.56 Å². The Morgan fingerprint density at radius 3 is 2.43 bits per heavy atom. The van der Waals surface area contributed by atoms with Crippen molar-refractivity contribution in [2.24, 2.45) is 5.92 Å². The Labute approximate surface area is 207 Å². The Hall–Kier alpha value is -3.53. The molecule has 0 saturated heterocycles. The summed E-state index contributed by atoms with van der Waals surface area (Å²) in [6.07, 6.45) is 0.632. The molecule has 0 bridgehead atoms. The Morgan fingerprint density at radius 2 is 1.86 bits per heavy atom. The predicted molar refractivity (Wildman–Crippen MR) is 134 cm³/mol. The number of anilines is 1. The molecule has 35 heavy (non-hydrogen) atoms. The molecule has 0 aromatic heterocycles. The molecule has 0 aliphatic carbocycles. The van der Waals surface area contributed by atoms with Crippen LogP contribution in [-0.2, 0) is 21.4 Å². The summed E-state index contributed by atoms with van der Waals surface area (Å²) in [5.74, 6) is 0.379. The predicted octanol–water partition coefficient (Wildman–Crippen LogP) is 5.06. The first-order valence-electron chi connectivity index (χ1n) is 11.7. The van der Waals surface area contributed by atoms with E-state index in [9.17, 15) is 9.59 Å². The number of carbonyl (C=O) groups excluding carboxylic acids is 2. The maximum atomic E-state index is 14.2. The van der Waals surface area contributed by atoms with Crippen LogP contribution in [0.3, 0.4) is 0 Å². The molecule has 1 heterocycles. The number of carbonyl (C=O) groups is 2. The van der Waals surface area contributed by atoms with Crippen LogP contribution in [0.2, 0.25) is 0 Å². The van der Waals surface area contributed by atoms with E-state index in [4.69, 9.17) is 19.5 Å². The first-order chi connectivity index (χ1) is 16.5. The molecule has 186 valence electrons. The molecule has 0 fully saturated rings. The number of methoxy groups -OCH3 is 2. The molecule has 1 amide bonds. The van der Waals surface area contributed by atoms with Crippen LogP contribution in [0, 0.1) is 17.2 Å². The monoisotopic (exact) mass is 478 g/mol. The van der Waals surface area contributed by atoms with Gasteiger partial charge in [-0.25, -0.2) is 4.79 Å². The van der Waals surface area contributed by atoms with Crippen LogP contribution >= 0.6 is 0 Å². The number of esters is 1. The zero-order valence-corrected chi connectivity index (χ0v) is 21.6. The highest BCUT2D eigenvalue weighted by Crippen LogP contribution is 2.47. The van der Waals surface area contributed by atoms with E-state index < -0.39 is 11.5 Å². The second-order valence-corrected chi connectivity index (χ2v) is 10.3. The molecule has 1 unspecified atom stereocenters. The molecule has 7 nitrogen and oxygen atoms in total. The molecule has 1 aliphatic heterocycles. The van der Waals surface area contributed by atoms with Crippen molar-refractivity contribution in [2.75, 3.05) is 25.7 Å². The van der Waals surface area contributed by atoms with Gasteiger partial charge in [0.15, 0.2) is 6.61 Å². The second kappa shape index (κ2) is 9.99. The topological polar surface area (TPSA) is 88.9 Å². The first kappa shape index (κ1) is 26.1. The lowest BCUT2D eigenvalue weighted by Gasteiger charge is -2.37. The molecule has 2 aromatic carbocycles. The molecular formula is C28H34N2O5. The van der Waals surface area contributed by atoms with Crippen molar-refractivity contribution in [1.82, 2.24) is 0 Å². The third kappa shape index (κ3) is 4.84. The van der Waals surface area contributed by atoms with Crippen molar-refractivity contribution in [1.29, 1.82) is 5.26 Å². The van der Waals surface area contributed by atoms with E-state index in [1.54, 1.807) is 42.3 Å². The van der Waals surface area contributed by atoms with Gasteiger partial charge in [-0.05, 0) is 47.6 Å². The van der Waals surface area contributed by atoms with Gasteiger partial charge in [-0.3, -0.25) is 9.69 Å². The molecule has 2 aromatic rings. The third-order valence-electron chi connectivity index (χ3n) is 6.31. The second-order valence-electron chi connectivity index (χ2n) is 10.3. The molecule has 1 atom stereocenters. The highest BCUT2D eigenvalue weighted by atomic mass is 16.5. The number of nitriles is 1. The van der Waals surface area contributed by atoms with Crippen molar-refractivity contribution in [3.63, 3.8) is 0 Å². The van der Waals surface area contributed by atoms with E-state index in [0.29, 0.717) is 34.7 Å². The minimum atomic E-state index is -1.25. The fraction of sp³-hybridized carbons (Fsp3) is 0.464. The number of fused-ring (bicyclic) bond motifs is 1. The van der Waals surface area contributed by atoms with Crippen LogP contribution in [0.5, 0.6) is 11.5 Å². The van der Waals surface area contributed by atoms with Crippen molar-refractivity contribution < 1.29 is 23.8 Å². The summed E-state index contributed by atoms with van der Waals surface area (Å²) in [6, 6.07) is 12.7. The summed E-state index contributed by atoms with van der Waals surface area (Å²) >= 11 is 0. The molecule has 3 rings (SSSR count). The molecule has 0 radical (unpaired) electrons. The fourth-order valence-electron chi connectivity index (χ4n) is 4.94. The van der Waals surface area contributed by atoms with E-state index >= 15 is 0 Å². The lowest BCUT2D eigenvalue weighted by molar-refractivity contribution is -0.147. The van der Waals surface area contributed by atoms with Gasteiger partial charge in [0, 0.05) is 17.5 Å². The smallest absolute Gasteiger partial charge is 0.332 e. The number of benzene rings is 2. The Balaban J connectivity index is 2.22. The van der Waals surface area contributed by atoms with E-state index in [1.807, 2.05) is 26.0 Å². The van der Waals surface area contributed by atoms with Crippen LogP contribution in [-0.4, -0.2) is 38.2 Å². The number of ether oxygens (including phenoxy) is 3. The highest BCUT2D eigenvalue weighted by Gasteiger charge is 2.54. The van der Waals surface area contributed by atoms with Crippen LogP contribution in [0.15, 0.2) is 36.4 Å². The summed E-state index contributed by atoms with van der Waals surface area (Å²) in [4.78, 5) is 29.1. The van der Waals surface area contributed by atoms with Gasteiger partial charge in [0.25, 0.3) is 5.91 Å². The lowest BCUT2D eigenvalue weighted by Crippen LogP contribution is -2.57. The molecule has 0 N–H and O–H groups in total. The van der Waals surface area contributed by atoms with E-state index in [-0.39, 0.29) is 30.3 Å². The van der Waals surface area contributed by atoms with E-state index in [2.05, 4.69) is 20.8 Å². The maximum Gasteiger partial charge on any atom is 0.332 e. The van der Waals surface area contributed by atoms with Gasteiger partial charge in [0.1, 0.15) is 23.1 Å². The molecular weight excluding hydrogens is 444 g/mol. The highest BCUT2D eigenvalue weighted by molar-refractivity contribution is 6.13. The van der Waals surface area contributed by atoms with Crippen molar-refractivity contribution in [3.8, 4) is 17.6 Å². The van der Waals surface area contributed by atoms with Crippen molar-refractivity contribution in [2.45, 2.75) is 58.4 Å². The van der Waals surface area contributed by atoms with Gasteiger partial charge < -0.3 is 14.2 Å². The number of nitrogens with zero attached hydrogens (tertiary/aromatic N) is 2. The van der Waals surface area contributed by atoms with Crippen LogP contribution < -0.4 is 14.4 Å². The zero-order chi connectivity index (χ0) is 26.0. The molecule has 7 heteroatoms. The normalized spacial score (nSPS) is 17.1. The van der Waals surface area contributed by atoms with Gasteiger partial charge in [0.2, 0.25) is 0 Å². The summed E-state index contributed by atoms with van der Waals surface area (Å²) in [5, 5.41) is 9.02. The number of hydrogen-bond donors (Lipinski definition) is 0. The molecule has 1 aliphatic rings. The van der Waals surface area contributed by atoms with Gasteiger partial charge >= 0.3 is 5.97 Å². The molecule has 0 saturated carbocycles. The zero-order valence-electron chi connectivity index (χ0n) is 21.6. The first-order valence-corrected chi connectivity index (χ1v) is 11.7. The Morgan fingerprint density at radius 1 is 1.14 bits per heavy atom. The fourth-order valence-corrected chi connectivity index (χ4v) is 4.94. The van der Waals surface area contributed by atoms with Crippen LogP contribution in [0.25, 0.3) is 0 Å². The van der Waals surface area contributed by atoms with E-state index in [1.165, 1.54) is 7.11 Å². The number of hydrogen-bond acceptors (Lipinski definition) is 6. The van der Waals surface area contributed by atoms with Crippen LogP contribution in [0.4, 0.5) is 5.69 Å². The van der Waals surface area contributed by atoms with Crippen molar-refractivity contribution in [3.05, 3.63) is 53.1 Å². The minimum absolute atomic E-state index is 0.0972. The Bertz CT molecular complexity index is 1160. The summed E-state index contributed by atoms with van der Waals surface area (Å²) < 4.78 is 16.6. The van der Waals surface area contributed by atoms with Gasteiger partial charge in [-0.15, -0.1) is 0 Å². The van der Waals surface area contributed by atoms with Gasteiger partial charge in [-0.1, -0.05) is 46.8 Å². The van der Waals surface area contributed by atoms with Gasteiger partial charge in [-0.2, -0.15) is 5.26 Å². The third-order valence-corrected chi connectivity index (χ3v) is 6.31. The van der Waals surface area contributed by atoms with Gasteiger partial charge in [0.05, 0.1) is 19.9 Å². The summed E-state index contributed by atoms with van der Waals surface area (Å²) in [5.41, 5.74) is 1.25. The average Bonchev–Trinajstić information content (AvgIpc) is 3.15. The number of rotatable bonds is 7. The van der Waals surface area contributed by atoms with Crippen LogP contribution in [0.1, 0.15) is 62.5 Å². The average molecular weight is 479 g/mol. The van der Waals surface area contributed by atoms with Crippen molar-refractivity contribution >= 4 is 17.6 Å².